The SMILES string of the molecule is Cc1ccc(C(=O)N2CCC(Oc3ccc(COc4ccc(-c5ccc(C(=O)Nc6ccc(C)c(C(=O)O)c6C)cc5)cc4)cc3)CC2)cc1. The topological polar surface area (TPSA) is 105 Å². The second kappa shape index (κ2) is 15.1. The smallest absolute Gasteiger partial charge is 0.336 e. The van der Waals surface area contributed by atoms with E-state index in [4.69, 9.17) is 9.47 Å². The highest BCUT2D eigenvalue weighted by Gasteiger charge is 2.25. The zero-order chi connectivity index (χ0) is 35.2. The van der Waals surface area contributed by atoms with Gasteiger partial charge in [0.15, 0.2) is 0 Å². The predicted molar refractivity (Wildman–Crippen MR) is 194 cm³/mol. The van der Waals surface area contributed by atoms with Crippen LogP contribution in [-0.2, 0) is 6.61 Å². The van der Waals surface area contributed by atoms with Crippen LogP contribution in [0.1, 0.15) is 66.2 Å². The van der Waals surface area contributed by atoms with Crippen LogP contribution in [0.3, 0.4) is 0 Å². The Bertz CT molecular complexity index is 1980. The number of aryl methyl sites for hydroxylation is 2. The summed E-state index contributed by atoms with van der Waals surface area (Å²) in [6.07, 6.45) is 1.66. The van der Waals surface area contributed by atoms with Crippen molar-refractivity contribution in [1.29, 1.82) is 0 Å². The molecule has 254 valence electrons. The van der Waals surface area contributed by atoms with Crippen molar-refractivity contribution in [2.75, 3.05) is 18.4 Å². The third-order valence-corrected chi connectivity index (χ3v) is 9.13. The second-order valence-electron chi connectivity index (χ2n) is 12.7. The number of nitrogens with zero attached hydrogens (tertiary/aromatic N) is 1. The number of likely N-dealkylation sites (tertiary alicyclic amines) is 1. The number of hydrogen-bond donors (Lipinski definition) is 2. The number of carboxylic acids is 1. The van der Waals surface area contributed by atoms with E-state index >= 15 is 0 Å². The van der Waals surface area contributed by atoms with Crippen molar-refractivity contribution < 1.29 is 29.0 Å². The van der Waals surface area contributed by atoms with Gasteiger partial charge in [-0.1, -0.05) is 60.2 Å². The maximum Gasteiger partial charge on any atom is 0.336 e. The fourth-order valence-corrected chi connectivity index (χ4v) is 6.14. The first-order valence-corrected chi connectivity index (χ1v) is 16.7. The van der Waals surface area contributed by atoms with Crippen LogP contribution < -0.4 is 14.8 Å². The van der Waals surface area contributed by atoms with Crippen LogP contribution in [0.2, 0.25) is 0 Å². The molecule has 50 heavy (non-hydrogen) atoms. The Labute approximate surface area is 292 Å². The van der Waals surface area contributed by atoms with Crippen molar-refractivity contribution in [3.63, 3.8) is 0 Å². The molecule has 8 nitrogen and oxygen atoms in total. The molecule has 6 rings (SSSR count). The van der Waals surface area contributed by atoms with E-state index in [0.717, 1.165) is 52.2 Å². The second-order valence-corrected chi connectivity index (χ2v) is 12.7. The van der Waals surface area contributed by atoms with E-state index in [2.05, 4.69) is 5.32 Å². The molecule has 0 unspecified atom stereocenters. The quantitative estimate of drug-likeness (QED) is 0.155. The molecule has 2 N–H and O–H groups in total. The minimum absolute atomic E-state index is 0.0722. The van der Waals surface area contributed by atoms with Crippen LogP contribution in [0.5, 0.6) is 11.5 Å². The number of piperidine rings is 1. The van der Waals surface area contributed by atoms with Gasteiger partial charge in [0.05, 0.1) is 5.56 Å². The summed E-state index contributed by atoms with van der Waals surface area (Å²) >= 11 is 0. The highest BCUT2D eigenvalue weighted by Crippen LogP contribution is 2.27. The van der Waals surface area contributed by atoms with Gasteiger partial charge in [0.25, 0.3) is 11.8 Å². The van der Waals surface area contributed by atoms with E-state index in [1.807, 2.05) is 96.8 Å². The van der Waals surface area contributed by atoms with Crippen molar-refractivity contribution in [3.05, 3.63) is 148 Å². The molecule has 1 heterocycles. The molecule has 0 saturated carbocycles. The van der Waals surface area contributed by atoms with E-state index in [1.54, 1.807) is 38.1 Å². The molecule has 5 aromatic rings. The molecule has 1 fully saturated rings. The number of amides is 2. The Hall–Kier alpha value is -5.89. The lowest BCUT2D eigenvalue weighted by Crippen LogP contribution is -2.41. The Kier molecular flexibility index (Phi) is 10.3. The van der Waals surface area contributed by atoms with E-state index in [9.17, 15) is 19.5 Å². The van der Waals surface area contributed by atoms with Crippen molar-refractivity contribution in [3.8, 4) is 22.6 Å². The molecule has 1 aliphatic heterocycles. The maximum atomic E-state index is 12.9. The average Bonchev–Trinajstić information content (AvgIpc) is 3.13. The molecule has 2 amide bonds. The summed E-state index contributed by atoms with van der Waals surface area (Å²) < 4.78 is 12.3. The van der Waals surface area contributed by atoms with Crippen LogP contribution in [0, 0.1) is 20.8 Å². The number of rotatable bonds is 10. The lowest BCUT2D eigenvalue weighted by molar-refractivity contribution is 0.0594. The molecule has 5 aromatic carbocycles. The minimum Gasteiger partial charge on any atom is -0.490 e. The van der Waals surface area contributed by atoms with Gasteiger partial charge in [-0.15, -0.1) is 0 Å². The van der Waals surface area contributed by atoms with E-state index in [-0.39, 0.29) is 23.5 Å². The summed E-state index contributed by atoms with van der Waals surface area (Å²) in [6, 6.07) is 34.1. The van der Waals surface area contributed by atoms with Crippen LogP contribution in [0.4, 0.5) is 5.69 Å². The molecule has 0 spiro atoms. The Morgan fingerprint density at radius 2 is 1.30 bits per heavy atom. The summed E-state index contributed by atoms with van der Waals surface area (Å²) in [7, 11) is 0. The highest BCUT2D eigenvalue weighted by atomic mass is 16.5. The summed E-state index contributed by atoms with van der Waals surface area (Å²) in [6.45, 7) is 7.21. The van der Waals surface area contributed by atoms with Crippen LogP contribution in [-0.4, -0.2) is 47.0 Å². The van der Waals surface area contributed by atoms with Gasteiger partial charge in [-0.25, -0.2) is 4.79 Å². The molecule has 0 aromatic heterocycles. The number of aromatic carboxylic acids is 1. The van der Waals surface area contributed by atoms with Gasteiger partial charge in [-0.05, 0) is 103 Å². The fraction of sp³-hybridized carbons (Fsp3) is 0.214. The van der Waals surface area contributed by atoms with Crippen LogP contribution in [0.15, 0.2) is 109 Å². The summed E-state index contributed by atoms with van der Waals surface area (Å²) in [5, 5.41) is 12.4. The number of hydrogen-bond acceptors (Lipinski definition) is 5. The first-order valence-electron chi connectivity index (χ1n) is 16.7. The van der Waals surface area contributed by atoms with Crippen LogP contribution >= 0.6 is 0 Å². The summed E-state index contributed by atoms with van der Waals surface area (Å²) in [4.78, 5) is 39.3. The molecule has 0 atom stereocenters. The fourth-order valence-electron chi connectivity index (χ4n) is 6.14. The maximum absolute atomic E-state index is 12.9. The largest absolute Gasteiger partial charge is 0.490 e. The standard InChI is InChI=1S/C42H40N2O6/c1-27-4-9-34(10-5-27)41(46)44-24-22-37(23-25-44)50-36-17-7-30(8-18-36)26-49-35-19-15-32(16-20-35)31-11-13-33(14-12-31)40(45)43-38-21-6-28(2)39(29(38)3)42(47)48/h4-21,37H,22-26H2,1-3H3,(H,43,45)(H,47,48). The third-order valence-electron chi connectivity index (χ3n) is 9.13. The van der Waals surface area contributed by atoms with Gasteiger partial charge in [0.2, 0.25) is 0 Å². The summed E-state index contributed by atoms with van der Waals surface area (Å²) in [5.41, 5.74) is 7.14. The first kappa shape index (κ1) is 34.0. The average molecular weight is 669 g/mol. The highest BCUT2D eigenvalue weighted by molar-refractivity contribution is 6.06. The number of benzene rings is 5. The number of nitrogens with one attached hydrogen (secondary N) is 1. The normalized spacial score (nSPS) is 13.1. The van der Waals surface area contributed by atoms with E-state index < -0.39 is 5.97 Å². The molecule has 0 radical (unpaired) electrons. The lowest BCUT2D eigenvalue weighted by atomic mass is 10.0. The lowest BCUT2D eigenvalue weighted by Gasteiger charge is -2.32. The molecular weight excluding hydrogens is 628 g/mol. The Morgan fingerprint density at radius 1 is 0.720 bits per heavy atom. The number of ether oxygens (including phenoxy) is 2. The monoisotopic (exact) mass is 668 g/mol. The van der Waals surface area contributed by atoms with Gasteiger partial charge in [0.1, 0.15) is 24.2 Å². The van der Waals surface area contributed by atoms with Crippen molar-refractivity contribution in [2.45, 2.75) is 46.3 Å². The summed E-state index contributed by atoms with van der Waals surface area (Å²) in [5.74, 6) is 0.298. The zero-order valence-electron chi connectivity index (χ0n) is 28.4. The molecular formula is C42H40N2O6. The number of carbonyl (C=O) groups is 3. The predicted octanol–water partition coefficient (Wildman–Crippen LogP) is 8.49. The molecule has 0 aliphatic carbocycles. The minimum atomic E-state index is -1.02. The van der Waals surface area contributed by atoms with Gasteiger partial charge in [-0.2, -0.15) is 0 Å². The Morgan fingerprint density at radius 3 is 1.92 bits per heavy atom. The van der Waals surface area contributed by atoms with Gasteiger partial charge >= 0.3 is 5.97 Å². The first-order chi connectivity index (χ1) is 24.1. The van der Waals surface area contributed by atoms with E-state index in [1.165, 1.54) is 0 Å². The van der Waals surface area contributed by atoms with Crippen molar-refractivity contribution in [1.82, 2.24) is 4.90 Å². The van der Waals surface area contributed by atoms with Gasteiger partial charge in [-0.3, -0.25) is 9.59 Å². The molecule has 1 saturated heterocycles. The Balaban J connectivity index is 0.964. The number of carbonyl (C=O) groups excluding carboxylic acids is 2. The molecule has 1 aliphatic rings. The van der Waals surface area contributed by atoms with Gasteiger partial charge in [0, 0.05) is 42.7 Å². The van der Waals surface area contributed by atoms with Crippen molar-refractivity contribution >= 4 is 23.5 Å². The van der Waals surface area contributed by atoms with Crippen molar-refractivity contribution in [2.24, 2.45) is 0 Å². The van der Waals surface area contributed by atoms with Crippen LogP contribution in [0.25, 0.3) is 11.1 Å². The molecule has 0 bridgehead atoms. The third kappa shape index (κ3) is 8.04. The molecule has 8 heteroatoms. The van der Waals surface area contributed by atoms with E-state index in [0.29, 0.717) is 42.1 Å². The zero-order valence-corrected chi connectivity index (χ0v) is 28.4. The number of carboxylic acid groups (broad SMARTS) is 1. The van der Waals surface area contributed by atoms with Gasteiger partial charge < -0.3 is 24.8 Å². The number of anilines is 1.